The van der Waals surface area contributed by atoms with Crippen molar-refractivity contribution in [3.05, 3.63) is 12.2 Å². The van der Waals surface area contributed by atoms with Crippen molar-refractivity contribution in [2.75, 3.05) is 0 Å². The Kier molecular flexibility index (Phi) is 1.96. The molecule has 0 aliphatic heterocycles. The van der Waals surface area contributed by atoms with Gasteiger partial charge in [-0.2, -0.15) is 0 Å². The maximum absolute atomic E-state index is 12.4. The highest BCUT2D eigenvalue weighted by Gasteiger charge is 2.59. The molecule has 4 atom stereocenters. The molecule has 86 valence electrons. The summed E-state index contributed by atoms with van der Waals surface area (Å²) in [5, 5.41) is 0. The first kappa shape index (κ1) is 10.2. The number of carbonyl (C=O) groups excluding carboxylic acids is 2. The number of hydrogen-bond acceptors (Lipinski definition) is 2. The van der Waals surface area contributed by atoms with Crippen LogP contribution in [-0.4, -0.2) is 11.6 Å². The van der Waals surface area contributed by atoms with Gasteiger partial charge in [0.2, 0.25) is 0 Å². The highest BCUT2D eigenvalue weighted by atomic mass is 16.1. The van der Waals surface area contributed by atoms with E-state index in [0.29, 0.717) is 23.9 Å². The molecule has 16 heavy (non-hydrogen) atoms. The molecular formula is C14H18O2. The predicted octanol–water partition coefficient (Wildman–Crippen LogP) is 2.53. The van der Waals surface area contributed by atoms with E-state index in [1.807, 2.05) is 6.92 Å². The van der Waals surface area contributed by atoms with Crippen LogP contribution in [0.5, 0.6) is 0 Å². The lowest BCUT2D eigenvalue weighted by atomic mass is 9.57. The number of rotatable bonds is 0. The van der Waals surface area contributed by atoms with Crippen molar-refractivity contribution >= 4 is 11.6 Å². The number of hydrogen-bond donors (Lipinski definition) is 0. The van der Waals surface area contributed by atoms with Gasteiger partial charge in [-0.05, 0) is 31.6 Å². The standard InChI is InChI=1S/C14H18O2/c1-8-3-4-10-5-12(15)11-7-14(10,13(8)16)6-9(11)2/h8,10-11H,2-7H2,1H3/t8-,10?,11+,14-/m0/s1. The quantitative estimate of drug-likeness (QED) is 0.585. The van der Waals surface area contributed by atoms with Gasteiger partial charge in [-0.25, -0.2) is 0 Å². The minimum Gasteiger partial charge on any atom is -0.299 e. The average Bonchev–Trinajstić information content (AvgIpc) is 2.55. The van der Waals surface area contributed by atoms with E-state index in [-0.39, 0.29) is 17.3 Å². The van der Waals surface area contributed by atoms with Crippen molar-refractivity contribution in [1.29, 1.82) is 0 Å². The first-order valence-corrected chi connectivity index (χ1v) is 6.29. The maximum atomic E-state index is 12.4. The highest BCUT2D eigenvalue weighted by Crippen LogP contribution is 2.60. The lowest BCUT2D eigenvalue weighted by Crippen LogP contribution is -2.47. The molecule has 0 N–H and O–H groups in total. The summed E-state index contributed by atoms with van der Waals surface area (Å²) < 4.78 is 0. The van der Waals surface area contributed by atoms with Gasteiger partial charge in [0.15, 0.2) is 0 Å². The van der Waals surface area contributed by atoms with Crippen LogP contribution in [0.2, 0.25) is 0 Å². The molecule has 3 aliphatic rings. The second-order valence-electron chi connectivity index (χ2n) is 5.96. The molecule has 3 fully saturated rings. The number of Topliss-reactive ketones (excluding diaryl/α,β-unsaturated/α-hetero) is 2. The van der Waals surface area contributed by atoms with E-state index >= 15 is 0 Å². The zero-order chi connectivity index (χ0) is 11.5. The molecule has 0 radical (unpaired) electrons. The topological polar surface area (TPSA) is 34.1 Å². The maximum Gasteiger partial charge on any atom is 0.142 e. The van der Waals surface area contributed by atoms with Gasteiger partial charge in [-0.3, -0.25) is 9.59 Å². The second-order valence-corrected chi connectivity index (χ2v) is 5.96. The van der Waals surface area contributed by atoms with Crippen LogP contribution in [0, 0.1) is 23.2 Å². The Morgan fingerprint density at radius 2 is 2.06 bits per heavy atom. The van der Waals surface area contributed by atoms with Crippen molar-refractivity contribution in [1.82, 2.24) is 0 Å². The molecule has 0 heterocycles. The van der Waals surface area contributed by atoms with Crippen molar-refractivity contribution in [2.24, 2.45) is 23.2 Å². The van der Waals surface area contributed by atoms with E-state index in [9.17, 15) is 9.59 Å². The van der Waals surface area contributed by atoms with E-state index in [1.54, 1.807) is 0 Å². The molecule has 2 nitrogen and oxygen atoms in total. The van der Waals surface area contributed by atoms with E-state index in [4.69, 9.17) is 0 Å². The summed E-state index contributed by atoms with van der Waals surface area (Å²) in [6, 6.07) is 0. The van der Waals surface area contributed by atoms with Crippen LogP contribution in [0.25, 0.3) is 0 Å². The van der Waals surface area contributed by atoms with Gasteiger partial charge in [0.05, 0.1) is 0 Å². The van der Waals surface area contributed by atoms with Crippen LogP contribution < -0.4 is 0 Å². The summed E-state index contributed by atoms with van der Waals surface area (Å²) in [6.45, 7) is 6.06. The monoisotopic (exact) mass is 218 g/mol. The average molecular weight is 218 g/mol. The summed E-state index contributed by atoms with van der Waals surface area (Å²) in [5.41, 5.74) is 0.836. The summed E-state index contributed by atoms with van der Waals surface area (Å²) in [7, 11) is 0. The molecule has 0 aromatic carbocycles. The van der Waals surface area contributed by atoms with Gasteiger partial charge < -0.3 is 0 Å². The van der Waals surface area contributed by atoms with Crippen LogP contribution in [0.3, 0.4) is 0 Å². The third-order valence-corrected chi connectivity index (χ3v) is 5.11. The lowest BCUT2D eigenvalue weighted by molar-refractivity contribution is -0.144. The number of allylic oxidation sites excluding steroid dienone is 1. The fourth-order valence-electron chi connectivity index (χ4n) is 4.18. The predicted molar refractivity (Wildman–Crippen MR) is 60.8 cm³/mol. The number of carbonyl (C=O) groups is 2. The third-order valence-electron chi connectivity index (χ3n) is 5.11. The normalized spacial score (nSPS) is 47.1. The van der Waals surface area contributed by atoms with Gasteiger partial charge in [-0.1, -0.05) is 19.1 Å². The smallest absolute Gasteiger partial charge is 0.142 e. The third kappa shape index (κ3) is 1.08. The van der Waals surface area contributed by atoms with Crippen molar-refractivity contribution in [3.8, 4) is 0 Å². The molecular weight excluding hydrogens is 200 g/mol. The van der Waals surface area contributed by atoms with Crippen molar-refractivity contribution < 1.29 is 9.59 Å². The molecule has 1 spiro atoms. The molecule has 0 aromatic heterocycles. The van der Waals surface area contributed by atoms with Crippen LogP contribution in [0.1, 0.15) is 39.0 Å². The van der Waals surface area contributed by atoms with Crippen LogP contribution in [-0.2, 0) is 9.59 Å². The fraction of sp³-hybridized carbons (Fsp3) is 0.714. The van der Waals surface area contributed by atoms with Gasteiger partial charge in [-0.15, -0.1) is 0 Å². The van der Waals surface area contributed by atoms with E-state index in [2.05, 4.69) is 6.58 Å². The molecule has 1 unspecified atom stereocenters. The molecule has 0 saturated heterocycles. The molecule has 0 aromatic rings. The minimum atomic E-state index is -0.187. The Hall–Kier alpha value is -0.920. The number of fused-ring (bicyclic) bond motifs is 1. The van der Waals surface area contributed by atoms with E-state index in [1.165, 1.54) is 0 Å². The zero-order valence-corrected chi connectivity index (χ0v) is 9.79. The zero-order valence-electron chi connectivity index (χ0n) is 9.79. The highest BCUT2D eigenvalue weighted by molar-refractivity contribution is 5.95. The Morgan fingerprint density at radius 1 is 1.31 bits per heavy atom. The van der Waals surface area contributed by atoms with Gasteiger partial charge in [0.1, 0.15) is 11.6 Å². The Labute approximate surface area is 96.1 Å². The Balaban J connectivity index is 2.04. The van der Waals surface area contributed by atoms with E-state index < -0.39 is 0 Å². The summed E-state index contributed by atoms with van der Waals surface area (Å²) in [6.07, 6.45) is 4.21. The molecule has 2 bridgehead atoms. The van der Waals surface area contributed by atoms with Crippen LogP contribution >= 0.6 is 0 Å². The first-order valence-electron chi connectivity index (χ1n) is 6.29. The van der Waals surface area contributed by atoms with Gasteiger partial charge >= 0.3 is 0 Å². The summed E-state index contributed by atoms with van der Waals surface area (Å²) in [5.74, 6) is 1.27. The Bertz CT molecular complexity index is 396. The SMILES string of the molecule is C=C1C[C@]23C[C@H]1C(=O)CC2CC[C@H](C)C3=O. The molecule has 3 rings (SSSR count). The second kappa shape index (κ2) is 3.06. The first-order chi connectivity index (χ1) is 7.54. The number of ketones is 2. The van der Waals surface area contributed by atoms with Gasteiger partial charge in [0.25, 0.3) is 0 Å². The van der Waals surface area contributed by atoms with Crippen molar-refractivity contribution in [2.45, 2.75) is 39.0 Å². The van der Waals surface area contributed by atoms with E-state index in [0.717, 1.165) is 31.3 Å². The van der Waals surface area contributed by atoms with Gasteiger partial charge in [0, 0.05) is 23.7 Å². The summed E-state index contributed by atoms with van der Waals surface area (Å²) >= 11 is 0. The van der Waals surface area contributed by atoms with Crippen LogP contribution in [0.4, 0.5) is 0 Å². The minimum absolute atomic E-state index is 0.00509. The fourth-order valence-corrected chi connectivity index (χ4v) is 4.18. The molecule has 3 aliphatic carbocycles. The molecule has 2 heteroatoms. The van der Waals surface area contributed by atoms with Crippen molar-refractivity contribution in [3.63, 3.8) is 0 Å². The Morgan fingerprint density at radius 3 is 2.81 bits per heavy atom. The molecule has 0 amide bonds. The summed E-state index contributed by atoms with van der Waals surface area (Å²) in [4.78, 5) is 24.4. The van der Waals surface area contributed by atoms with Crippen LogP contribution in [0.15, 0.2) is 12.2 Å². The largest absolute Gasteiger partial charge is 0.299 e. The lowest BCUT2D eigenvalue weighted by Gasteiger charge is -2.44. The molecule has 3 saturated carbocycles.